The first-order valence-corrected chi connectivity index (χ1v) is 9.93. The van der Waals surface area contributed by atoms with E-state index in [2.05, 4.69) is 14.9 Å². The van der Waals surface area contributed by atoms with Gasteiger partial charge in [0.25, 0.3) is 5.91 Å². The molecule has 2 aromatic rings. The molecule has 1 atom stereocenters. The van der Waals surface area contributed by atoms with E-state index in [1.54, 1.807) is 0 Å². The van der Waals surface area contributed by atoms with Crippen LogP contribution in [0.1, 0.15) is 23.2 Å². The maximum Gasteiger partial charge on any atom is 0.316 e. The zero-order chi connectivity index (χ0) is 19.3. The number of likely N-dealkylation sites (tertiary alicyclic amines) is 1. The standard InChI is InChI=1S/C20H23ClN4O3/c21-16-12-22-20(23-13-16)28-18-2-1-7-25(14-18)19(26)15-3-5-17(6-4-15)24-8-10-27-11-9-24/h3-6,12-13,18H,1-2,7-11,14H2. The largest absolute Gasteiger partial charge is 0.458 e. The van der Waals surface area contributed by atoms with Gasteiger partial charge in [0.05, 0.1) is 37.2 Å². The average Bonchev–Trinajstić information content (AvgIpc) is 2.76. The molecule has 0 radical (unpaired) electrons. The summed E-state index contributed by atoms with van der Waals surface area (Å²) in [7, 11) is 0. The highest BCUT2D eigenvalue weighted by atomic mass is 35.5. The zero-order valence-electron chi connectivity index (χ0n) is 15.6. The molecule has 2 aliphatic heterocycles. The first-order chi connectivity index (χ1) is 13.7. The molecule has 1 amide bonds. The van der Waals surface area contributed by atoms with Gasteiger partial charge in [-0.25, -0.2) is 9.97 Å². The molecule has 2 saturated heterocycles. The summed E-state index contributed by atoms with van der Waals surface area (Å²) in [6.07, 6.45) is 4.64. The van der Waals surface area contributed by atoms with Gasteiger partial charge in [0.15, 0.2) is 0 Å². The lowest BCUT2D eigenvalue weighted by Crippen LogP contribution is -2.44. The van der Waals surface area contributed by atoms with Crippen molar-refractivity contribution in [2.75, 3.05) is 44.3 Å². The summed E-state index contributed by atoms with van der Waals surface area (Å²) in [5.74, 6) is 0.0267. The summed E-state index contributed by atoms with van der Waals surface area (Å²) in [5, 5.41) is 0.466. The van der Waals surface area contributed by atoms with Crippen molar-refractivity contribution in [1.82, 2.24) is 14.9 Å². The average molecular weight is 403 g/mol. The molecule has 28 heavy (non-hydrogen) atoms. The van der Waals surface area contributed by atoms with E-state index < -0.39 is 0 Å². The summed E-state index contributed by atoms with van der Waals surface area (Å²) < 4.78 is 11.2. The van der Waals surface area contributed by atoms with Gasteiger partial charge in [-0.3, -0.25) is 4.79 Å². The van der Waals surface area contributed by atoms with Gasteiger partial charge in [-0.15, -0.1) is 0 Å². The summed E-state index contributed by atoms with van der Waals surface area (Å²) in [6, 6.07) is 8.12. The molecule has 0 N–H and O–H groups in total. The van der Waals surface area contributed by atoms with Crippen molar-refractivity contribution in [3.05, 3.63) is 47.2 Å². The topological polar surface area (TPSA) is 67.8 Å². The summed E-state index contributed by atoms with van der Waals surface area (Å²) in [5.41, 5.74) is 1.82. The van der Waals surface area contributed by atoms with Crippen LogP contribution in [0.5, 0.6) is 6.01 Å². The lowest BCUT2D eigenvalue weighted by Gasteiger charge is -2.32. The van der Waals surface area contributed by atoms with Crippen LogP contribution in [0.2, 0.25) is 5.02 Å². The maximum absolute atomic E-state index is 12.9. The van der Waals surface area contributed by atoms with Gasteiger partial charge < -0.3 is 19.3 Å². The van der Waals surface area contributed by atoms with Crippen LogP contribution >= 0.6 is 11.6 Å². The third kappa shape index (κ3) is 4.54. The number of carbonyl (C=O) groups is 1. The van der Waals surface area contributed by atoms with Crippen molar-refractivity contribution in [3.8, 4) is 6.01 Å². The van der Waals surface area contributed by atoms with Crippen molar-refractivity contribution in [2.24, 2.45) is 0 Å². The molecule has 148 valence electrons. The number of aromatic nitrogens is 2. The van der Waals surface area contributed by atoms with E-state index in [-0.39, 0.29) is 12.0 Å². The van der Waals surface area contributed by atoms with Crippen LogP contribution in [0.3, 0.4) is 0 Å². The van der Waals surface area contributed by atoms with E-state index in [9.17, 15) is 4.79 Å². The van der Waals surface area contributed by atoms with Gasteiger partial charge in [-0.2, -0.15) is 0 Å². The van der Waals surface area contributed by atoms with Crippen molar-refractivity contribution in [1.29, 1.82) is 0 Å². The van der Waals surface area contributed by atoms with Crippen molar-refractivity contribution < 1.29 is 14.3 Å². The molecular weight excluding hydrogens is 380 g/mol. The van der Waals surface area contributed by atoms with Gasteiger partial charge in [0.1, 0.15) is 6.10 Å². The number of nitrogens with zero attached hydrogens (tertiary/aromatic N) is 4. The molecule has 1 aromatic heterocycles. The number of piperidine rings is 1. The van der Waals surface area contributed by atoms with Crippen LogP contribution < -0.4 is 9.64 Å². The van der Waals surface area contributed by atoms with Gasteiger partial charge in [0, 0.05) is 30.9 Å². The first-order valence-electron chi connectivity index (χ1n) is 9.55. The Bertz CT molecular complexity index is 794. The molecule has 8 heteroatoms. The molecule has 1 unspecified atom stereocenters. The molecule has 3 heterocycles. The smallest absolute Gasteiger partial charge is 0.316 e. The quantitative estimate of drug-likeness (QED) is 0.783. The lowest BCUT2D eigenvalue weighted by molar-refractivity contribution is 0.0516. The molecular formula is C20H23ClN4O3. The molecule has 2 aliphatic rings. The van der Waals surface area contributed by atoms with Crippen LogP contribution in [0.4, 0.5) is 5.69 Å². The Hall–Kier alpha value is -2.38. The lowest BCUT2D eigenvalue weighted by atomic mass is 10.1. The van der Waals surface area contributed by atoms with Gasteiger partial charge in [-0.05, 0) is 37.1 Å². The fourth-order valence-corrected chi connectivity index (χ4v) is 3.65. The minimum atomic E-state index is -0.119. The Morgan fingerprint density at radius 2 is 1.82 bits per heavy atom. The molecule has 0 spiro atoms. The summed E-state index contributed by atoms with van der Waals surface area (Å²) >= 11 is 5.80. The number of morpholine rings is 1. The van der Waals surface area contributed by atoms with Crippen LogP contribution in [-0.2, 0) is 4.74 Å². The fraction of sp³-hybridized carbons (Fsp3) is 0.450. The number of amides is 1. The normalized spacial score (nSPS) is 20.1. The van der Waals surface area contributed by atoms with Gasteiger partial charge >= 0.3 is 6.01 Å². The van der Waals surface area contributed by atoms with Crippen LogP contribution in [0.25, 0.3) is 0 Å². The van der Waals surface area contributed by atoms with E-state index in [1.165, 1.54) is 12.4 Å². The Labute approximate surface area is 169 Å². The number of ether oxygens (including phenoxy) is 2. The molecule has 0 aliphatic carbocycles. The molecule has 1 aromatic carbocycles. The molecule has 0 saturated carbocycles. The number of carbonyl (C=O) groups excluding carboxylic acids is 1. The summed E-state index contributed by atoms with van der Waals surface area (Å²) in [6.45, 7) is 4.50. The number of hydrogen-bond acceptors (Lipinski definition) is 6. The van der Waals surface area contributed by atoms with Crippen LogP contribution in [-0.4, -0.2) is 66.3 Å². The van der Waals surface area contributed by atoms with E-state index >= 15 is 0 Å². The monoisotopic (exact) mass is 402 g/mol. The number of halogens is 1. The zero-order valence-corrected chi connectivity index (χ0v) is 16.3. The van der Waals surface area contributed by atoms with E-state index in [1.807, 2.05) is 29.2 Å². The van der Waals surface area contributed by atoms with Gasteiger partial charge in [0.2, 0.25) is 0 Å². The Kier molecular flexibility index (Phi) is 5.92. The number of hydrogen-bond donors (Lipinski definition) is 0. The van der Waals surface area contributed by atoms with E-state index in [0.29, 0.717) is 23.1 Å². The highest BCUT2D eigenvalue weighted by Crippen LogP contribution is 2.21. The van der Waals surface area contributed by atoms with Crippen molar-refractivity contribution in [3.63, 3.8) is 0 Å². The van der Waals surface area contributed by atoms with Gasteiger partial charge in [-0.1, -0.05) is 11.6 Å². The molecule has 4 rings (SSSR count). The van der Waals surface area contributed by atoms with E-state index in [0.717, 1.165) is 51.4 Å². The van der Waals surface area contributed by atoms with Crippen LogP contribution in [0.15, 0.2) is 36.7 Å². The molecule has 2 fully saturated rings. The SMILES string of the molecule is O=C(c1ccc(N2CCOCC2)cc1)N1CCCC(Oc2ncc(Cl)cn2)C1. The minimum Gasteiger partial charge on any atom is -0.458 e. The second-order valence-electron chi connectivity index (χ2n) is 6.96. The van der Waals surface area contributed by atoms with Crippen molar-refractivity contribution >= 4 is 23.2 Å². The Balaban J connectivity index is 1.37. The second-order valence-corrected chi connectivity index (χ2v) is 7.40. The third-order valence-corrected chi connectivity index (χ3v) is 5.22. The minimum absolute atomic E-state index is 0.0267. The molecule has 7 nitrogen and oxygen atoms in total. The van der Waals surface area contributed by atoms with Crippen molar-refractivity contribution in [2.45, 2.75) is 18.9 Å². The predicted octanol–water partition coefficient (Wildman–Crippen LogP) is 2.65. The number of benzene rings is 1. The number of anilines is 1. The summed E-state index contributed by atoms with van der Waals surface area (Å²) in [4.78, 5) is 25.2. The molecule has 0 bridgehead atoms. The predicted molar refractivity (Wildman–Crippen MR) is 106 cm³/mol. The van der Waals surface area contributed by atoms with E-state index in [4.69, 9.17) is 21.1 Å². The highest BCUT2D eigenvalue weighted by Gasteiger charge is 2.26. The maximum atomic E-state index is 12.9. The number of rotatable bonds is 4. The Morgan fingerprint density at radius 3 is 2.54 bits per heavy atom. The first kappa shape index (κ1) is 19.0. The highest BCUT2D eigenvalue weighted by molar-refractivity contribution is 6.30. The fourth-order valence-electron chi connectivity index (χ4n) is 3.55. The third-order valence-electron chi connectivity index (χ3n) is 5.02. The van der Waals surface area contributed by atoms with Crippen LogP contribution in [0, 0.1) is 0 Å². The second kappa shape index (κ2) is 8.75. The Morgan fingerprint density at radius 1 is 1.11 bits per heavy atom.